The number of unbranched alkanes of at least 4 members (excludes halogenated alkanes) is 1. The van der Waals surface area contributed by atoms with Crippen LogP contribution in [0.5, 0.6) is 0 Å². The van der Waals surface area contributed by atoms with Crippen LogP contribution >= 0.6 is 0 Å². The zero-order chi connectivity index (χ0) is 7.11. The summed E-state index contributed by atoms with van der Waals surface area (Å²) in [6.07, 6.45) is 3.81. The Kier molecular flexibility index (Phi) is 5.01. The van der Waals surface area contributed by atoms with E-state index in [-0.39, 0.29) is 0 Å². The van der Waals surface area contributed by atoms with Gasteiger partial charge in [-0.3, -0.25) is 0 Å². The van der Waals surface area contributed by atoms with Crippen LogP contribution in [0, 0.1) is 10.8 Å². The quantitative estimate of drug-likeness (QED) is 0.372. The van der Waals surface area contributed by atoms with Crippen LogP contribution in [0.2, 0.25) is 0 Å². The Labute approximate surface area is 54.7 Å². The summed E-state index contributed by atoms with van der Waals surface area (Å²) < 4.78 is 0. The molecule has 0 rings (SSSR count). The molecule has 3 nitrogen and oxygen atoms in total. The van der Waals surface area contributed by atoms with Crippen LogP contribution in [0.4, 0.5) is 0 Å². The molecule has 1 atom stereocenters. The van der Waals surface area contributed by atoms with E-state index in [1.807, 2.05) is 0 Å². The minimum atomic E-state index is -0.607. The molecule has 0 amide bonds. The molecule has 0 aliphatic heterocycles. The third-order valence-corrected chi connectivity index (χ3v) is 1.04. The van der Waals surface area contributed by atoms with E-state index in [1.165, 1.54) is 6.21 Å². The van der Waals surface area contributed by atoms with Crippen molar-refractivity contribution in [2.45, 2.75) is 25.4 Å². The average molecular weight is 128 g/mol. The summed E-state index contributed by atoms with van der Waals surface area (Å²) in [6, 6.07) is 0. The summed E-state index contributed by atoms with van der Waals surface area (Å²) in [7, 11) is 0. The lowest BCUT2D eigenvalue weighted by Gasteiger charge is -1.99. The fourth-order valence-electron chi connectivity index (χ4n) is 0.512. The van der Waals surface area contributed by atoms with Crippen molar-refractivity contribution in [3.8, 4) is 0 Å². The predicted molar refractivity (Wildman–Crippen MR) is 37.4 cm³/mol. The molecule has 0 aliphatic carbocycles. The van der Waals surface area contributed by atoms with Crippen LogP contribution in [0.1, 0.15) is 19.3 Å². The smallest absolute Gasteiger partial charge is 0.0884 e. The lowest BCUT2D eigenvalue weighted by atomic mass is 10.2. The van der Waals surface area contributed by atoms with E-state index in [1.54, 1.807) is 0 Å². The molecule has 0 aliphatic rings. The van der Waals surface area contributed by atoms with Gasteiger partial charge < -0.3 is 15.9 Å². The number of nitrogens with one attached hydrogen (secondary N) is 2. The molecule has 0 saturated carbocycles. The van der Waals surface area contributed by atoms with Crippen LogP contribution in [-0.2, 0) is 0 Å². The molecule has 1 unspecified atom stereocenters. The van der Waals surface area contributed by atoms with Gasteiger partial charge in [-0.25, -0.2) is 0 Å². The van der Waals surface area contributed by atoms with Gasteiger partial charge in [-0.2, -0.15) is 0 Å². The summed E-state index contributed by atoms with van der Waals surface area (Å²) in [4.78, 5) is 0. The Morgan fingerprint density at radius 3 is 2.56 bits per heavy atom. The fourth-order valence-corrected chi connectivity index (χ4v) is 0.512. The third-order valence-electron chi connectivity index (χ3n) is 1.04. The number of hydrogen-bond donors (Lipinski definition) is 3. The van der Waals surface area contributed by atoms with Gasteiger partial charge in [0.2, 0.25) is 0 Å². The van der Waals surface area contributed by atoms with Crippen molar-refractivity contribution in [1.29, 1.82) is 10.8 Å². The zero-order valence-corrected chi connectivity index (χ0v) is 5.30. The van der Waals surface area contributed by atoms with Crippen LogP contribution < -0.4 is 0 Å². The third kappa shape index (κ3) is 5.17. The first-order valence-electron chi connectivity index (χ1n) is 2.99. The van der Waals surface area contributed by atoms with Gasteiger partial charge in [0.25, 0.3) is 0 Å². The molecule has 3 heteroatoms. The van der Waals surface area contributed by atoms with Gasteiger partial charge in [0, 0.05) is 6.21 Å². The summed E-state index contributed by atoms with van der Waals surface area (Å²) in [5.74, 6) is 0. The van der Waals surface area contributed by atoms with E-state index >= 15 is 0 Å². The van der Waals surface area contributed by atoms with Gasteiger partial charge in [0.1, 0.15) is 0 Å². The maximum Gasteiger partial charge on any atom is 0.0884 e. The lowest BCUT2D eigenvalue weighted by molar-refractivity contribution is 0.232. The normalized spacial score (nSPS) is 12.6. The molecule has 52 valence electrons. The van der Waals surface area contributed by atoms with Crippen LogP contribution in [0.3, 0.4) is 0 Å². The number of aliphatic hydroxyl groups excluding tert-OH is 1. The maximum atomic E-state index is 8.77. The fraction of sp³-hybridized carbons (Fsp3) is 0.667. The topological polar surface area (TPSA) is 67.9 Å². The van der Waals surface area contributed by atoms with Gasteiger partial charge in [-0.1, -0.05) is 0 Å². The van der Waals surface area contributed by atoms with Gasteiger partial charge in [-0.15, -0.1) is 0 Å². The van der Waals surface area contributed by atoms with E-state index in [4.69, 9.17) is 15.9 Å². The Morgan fingerprint density at radius 1 is 1.44 bits per heavy atom. The minimum Gasteiger partial charge on any atom is -0.387 e. The highest BCUT2D eigenvalue weighted by molar-refractivity contribution is 5.58. The molecular weight excluding hydrogens is 116 g/mol. The highest BCUT2D eigenvalue weighted by Crippen LogP contribution is 1.95. The average Bonchev–Trinajstić information content (AvgIpc) is 1.89. The summed E-state index contributed by atoms with van der Waals surface area (Å²) >= 11 is 0. The Bertz CT molecular complexity index is 93.1. The number of rotatable bonds is 5. The van der Waals surface area contributed by atoms with Crippen LogP contribution in [-0.4, -0.2) is 23.6 Å². The summed E-state index contributed by atoms with van der Waals surface area (Å²) in [5, 5.41) is 22.0. The molecule has 0 fully saturated rings. The van der Waals surface area contributed by atoms with Crippen molar-refractivity contribution >= 4 is 12.4 Å². The van der Waals surface area contributed by atoms with E-state index < -0.39 is 6.10 Å². The Morgan fingerprint density at radius 2 is 2.11 bits per heavy atom. The number of aliphatic hydroxyl groups is 1. The molecule has 0 heterocycles. The first kappa shape index (κ1) is 8.30. The lowest BCUT2D eigenvalue weighted by Crippen LogP contribution is -2.06. The first-order valence-corrected chi connectivity index (χ1v) is 2.99. The van der Waals surface area contributed by atoms with Crippen molar-refractivity contribution in [2.24, 2.45) is 0 Å². The first-order chi connectivity index (χ1) is 4.31. The van der Waals surface area contributed by atoms with Gasteiger partial charge >= 0.3 is 0 Å². The zero-order valence-electron chi connectivity index (χ0n) is 5.30. The molecule has 0 aromatic carbocycles. The highest BCUT2D eigenvalue weighted by atomic mass is 16.3. The van der Waals surface area contributed by atoms with Gasteiger partial charge in [-0.05, 0) is 25.5 Å². The maximum absolute atomic E-state index is 8.77. The molecule has 0 bridgehead atoms. The van der Waals surface area contributed by atoms with Gasteiger partial charge in [0.05, 0.1) is 6.10 Å². The second-order valence-corrected chi connectivity index (χ2v) is 1.87. The van der Waals surface area contributed by atoms with E-state index in [2.05, 4.69) is 0 Å². The van der Waals surface area contributed by atoms with Crippen LogP contribution in [0.15, 0.2) is 0 Å². The monoisotopic (exact) mass is 128 g/mol. The molecule has 0 saturated heterocycles. The van der Waals surface area contributed by atoms with Crippen molar-refractivity contribution < 1.29 is 5.11 Å². The van der Waals surface area contributed by atoms with Gasteiger partial charge in [0.15, 0.2) is 0 Å². The molecule has 9 heavy (non-hydrogen) atoms. The second-order valence-electron chi connectivity index (χ2n) is 1.87. The summed E-state index contributed by atoms with van der Waals surface area (Å²) in [5.41, 5.74) is 0. The van der Waals surface area contributed by atoms with Crippen molar-refractivity contribution in [3.05, 3.63) is 0 Å². The predicted octanol–water partition coefficient (Wildman–Crippen LogP) is 0.817. The molecule has 0 aromatic heterocycles. The molecular formula is C6H12N2O. The number of hydrogen-bond acceptors (Lipinski definition) is 3. The molecule has 0 radical (unpaired) electrons. The van der Waals surface area contributed by atoms with E-state index in [0.717, 1.165) is 12.6 Å². The second kappa shape index (κ2) is 5.44. The Balaban J connectivity index is 3.05. The van der Waals surface area contributed by atoms with Crippen molar-refractivity contribution in [3.63, 3.8) is 0 Å². The molecule has 3 N–H and O–H groups in total. The van der Waals surface area contributed by atoms with Crippen molar-refractivity contribution in [1.82, 2.24) is 0 Å². The van der Waals surface area contributed by atoms with Crippen LogP contribution in [0.25, 0.3) is 0 Å². The van der Waals surface area contributed by atoms with Crippen molar-refractivity contribution in [2.75, 3.05) is 0 Å². The van der Waals surface area contributed by atoms with E-state index in [0.29, 0.717) is 12.8 Å². The SMILES string of the molecule is N=CCCCC(O)C=N. The largest absolute Gasteiger partial charge is 0.387 e. The standard InChI is InChI=1S/C6H12N2O/c7-4-2-1-3-6(9)5-8/h4-9H,1-3H2. The molecule has 0 spiro atoms. The highest BCUT2D eigenvalue weighted by Gasteiger charge is 1.95. The molecule has 0 aromatic rings. The summed E-state index contributed by atoms with van der Waals surface area (Å²) in [6.45, 7) is 0. The van der Waals surface area contributed by atoms with E-state index in [9.17, 15) is 0 Å². The minimum absolute atomic E-state index is 0.596. The Hall–Kier alpha value is -0.700.